The molecule has 3 heteroatoms. The maximum absolute atomic E-state index is 12.2. The first kappa shape index (κ1) is 10.7. The lowest BCUT2D eigenvalue weighted by Gasteiger charge is -2.43. The van der Waals surface area contributed by atoms with E-state index < -0.39 is 0 Å². The van der Waals surface area contributed by atoms with Crippen molar-refractivity contribution in [3.63, 3.8) is 0 Å². The lowest BCUT2D eigenvalue weighted by molar-refractivity contribution is -0.885. The zero-order valence-electron chi connectivity index (χ0n) is 8.70. The molecular weight excluding hydrogens is 164 g/mol. The molecule has 0 aromatic rings. The maximum atomic E-state index is 12.2. The Labute approximate surface area is 80.8 Å². The van der Waals surface area contributed by atoms with Gasteiger partial charge in [0.25, 0.3) is 0 Å². The molecule has 1 fully saturated rings. The summed E-state index contributed by atoms with van der Waals surface area (Å²) in [5.74, 6) is 0. The molecule has 1 aliphatic heterocycles. The molecule has 1 heterocycles. The maximum Gasteiger partial charge on any atom is 0.107 e. The van der Waals surface area contributed by atoms with Crippen LogP contribution in [0.4, 0.5) is 0 Å². The van der Waals surface area contributed by atoms with Crippen molar-refractivity contribution in [2.75, 3.05) is 33.7 Å². The van der Waals surface area contributed by atoms with Crippen LogP contribution in [0.15, 0.2) is 12.7 Å². The molecule has 0 aromatic heterocycles. The first-order valence-corrected chi connectivity index (χ1v) is 4.93. The predicted molar refractivity (Wildman–Crippen MR) is 55.1 cm³/mol. The van der Waals surface area contributed by atoms with Gasteiger partial charge in [0.1, 0.15) is 6.04 Å². The SMILES string of the molecule is C=CC1CCC[N+]1([O-])CCN(C)C. The van der Waals surface area contributed by atoms with Crippen LogP contribution < -0.4 is 0 Å². The number of likely N-dealkylation sites (tertiary alicyclic amines) is 1. The quantitative estimate of drug-likeness (QED) is 0.373. The fourth-order valence-electron chi connectivity index (χ4n) is 1.93. The highest BCUT2D eigenvalue weighted by atomic mass is 16.5. The van der Waals surface area contributed by atoms with E-state index in [2.05, 4.69) is 11.5 Å². The number of nitrogens with zero attached hydrogens (tertiary/aromatic N) is 2. The van der Waals surface area contributed by atoms with Crippen molar-refractivity contribution < 1.29 is 4.65 Å². The van der Waals surface area contributed by atoms with Crippen LogP contribution in [0, 0.1) is 5.21 Å². The molecule has 3 nitrogen and oxygen atoms in total. The van der Waals surface area contributed by atoms with Crippen LogP contribution in [0.25, 0.3) is 0 Å². The first-order valence-electron chi connectivity index (χ1n) is 4.93. The highest BCUT2D eigenvalue weighted by molar-refractivity contribution is 4.85. The Morgan fingerprint density at radius 2 is 2.31 bits per heavy atom. The molecule has 0 saturated carbocycles. The summed E-state index contributed by atoms with van der Waals surface area (Å²) in [5.41, 5.74) is 0. The van der Waals surface area contributed by atoms with Gasteiger partial charge in [0.05, 0.1) is 13.1 Å². The standard InChI is InChI=1S/C10H20N2O/c1-4-10-6-5-8-12(10,13)9-7-11(2)3/h4,10H,1,5-9H2,2-3H3. The topological polar surface area (TPSA) is 26.3 Å². The lowest BCUT2D eigenvalue weighted by atomic mass is 10.2. The summed E-state index contributed by atoms with van der Waals surface area (Å²) in [4.78, 5) is 2.07. The van der Waals surface area contributed by atoms with Crippen molar-refractivity contribution in [3.05, 3.63) is 17.9 Å². The van der Waals surface area contributed by atoms with Gasteiger partial charge in [-0.25, -0.2) is 0 Å². The van der Waals surface area contributed by atoms with Crippen molar-refractivity contribution in [1.82, 2.24) is 4.90 Å². The Bertz CT molecular complexity index is 182. The second kappa shape index (κ2) is 4.22. The largest absolute Gasteiger partial charge is 0.632 e. The summed E-state index contributed by atoms with van der Waals surface area (Å²) < 4.78 is -0.0539. The molecule has 2 atom stereocenters. The van der Waals surface area contributed by atoms with Gasteiger partial charge in [0, 0.05) is 19.4 Å². The second-order valence-corrected chi connectivity index (χ2v) is 4.15. The zero-order valence-corrected chi connectivity index (χ0v) is 8.70. The third kappa shape index (κ3) is 2.53. The van der Waals surface area contributed by atoms with E-state index in [9.17, 15) is 5.21 Å². The highest BCUT2D eigenvalue weighted by Gasteiger charge is 2.31. The average molecular weight is 184 g/mol. The minimum atomic E-state index is -0.0539. The summed E-state index contributed by atoms with van der Waals surface area (Å²) in [6.07, 6.45) is 3.89. The third-order valence-corrected chi connectivity index (χ3v) is 2.84. The molecule has 2 unspecified atom stereocenters. The van der Waals surface area contributed by atoms with E-state index in [1.54, 1.807) is 0 Å². The zero-order chi connectivity index (χ0) is 9.90. The Kier molecular flexibility index (Phi) is 3.47. The molecule has 1 rings (SSSR count). The van der Waals surface area contributed by atoms with E-state index in [1.807, 2.05) is 20.2 Å². The molecule has 13 heavy (non-hydrogen) atoms. The van der Waals surface area contributed by atoms with Crippen molar-refractivity contribution >= 4 is 0 Å². The van der Waals surface area contributed by atoms with Crippen molar-refractivity contribution in [3.8, 4) is 0 Å². The summed E-state index contributed by atoms with van der Waals surface area (Å²) in [7, 11) is 4.01. The smallest absolute Gasteiger partial charge is 0.107 e. The van der Waals surface area contributed by atoms with Gasteiger partial charge in [-0.3, -0.25) is 0 Å². The Balaban J connectivity index is 2.48. The fourth-order valence-corrected chi connectivity index (χ4v) is 1.93. The summed E-state index contributed by atoms with van der Waals surface area (Å²) in [6.45, 7) is 6.07. The van der Waals surface area contributed by atoms with E-state index in [-0.39, 0.29) is 10.7 Å². The Morgan fingerprint density at radius 3 is 2.85 bits per heavy atom. The normalized spacial score (nSPS) is 34.0. The van der Waals surface area contributed by atoms with Gasteiger partial charge in [-0.1, -0.05) is 6.58 Å². The minimum absolute atomic E-state index is 0.0539. The fraction of sp³-hybridized carbons (Fsp3) is 0.800. The molecule has 0 N–H and O–H groups in total. The monoisotopic (exact) mass is 184 g/mol. The Morgan fingerprint density at radius 1 is 1.62 bits per heavy atom. The number of hydrogen-bond donors (Lipinski definition) is 0. The van der Waals surface area contributed by atoms with Crippen LogP contribution >= 0.6 is 0 Å². The summed E-state index contributed by atoms with van der Waals surface area (Å²) >= 11 is 0. The second-order valence-electron chi connectivity index (χ2n) is 4.15. The molecule has 0 radical (unpaired) electrons. The number of hydroxylamine groups is 3. The van der Waals surface area contributed by atoms with Crippen LogP contribution in [-0.4, -0.2) is 49.3 Å². The molecule has 1 aliphatic rings. The van der Waals surface area contributed by atoms with E-state index in [1.165, 1.54) is 0 Å². The molecule has 76 valence electrons. The predicted octanol–water partition coefficient (Wildman–Crippen LogP) is 1.21. The molecule has 0 spiro atoms. The van der Waals surface area contributed by atoms with Crippen LogP contribution in [0.2, 0.25) is 0 Å². The lowest BCUT2D eigenvalue weighted by Crippen LogP contribution is -2.48. The van der Waals surface area contributed by atoms with Gasteiger partial charge in [-0.2, -0.15) is 0 Å². The van der Waals surface area contributed by atoms with Gasteiger partial charge in [0.2, 0.25) is 0 Å². The number of likely N-dealkylation sites (N-methyl/N-ethyl adjacent to an activating group) is 1. The number of hydrogen-bond acceptors (Lipinski definition) is 2. The molecule has 0 bridgehead atoms. The van der Waals surface area contributed by atoms with Gasteiger partial charge >= 0.3 is 0 Å². The average Bonchev–Trinajstić information content (AvgIpc) is 2.44. The van der Waals surface area contributed by atoms with Crippen LogP contribution in [0.5, 0.6) is 0 Å². The van der Waals surface area contributed by atoms with Crippen LogP contribution in [0.1, 0.15) is 12.8 Å². The number of rotatable bonds is 4. The molecule has 0 amide bonds. The van der Waals surface area contributed by atoms with Crippen LogP contribution in [-0.2, 0) is 0 Å². The van der Waals surface area contributed by atoms with E-state index >= 15 is 0 Å². The number of quaternary nitrogens is 1. The van der Waals surface area contributed by atoms with Gasteiger partial charge in [-0.15, -0.1) is 0 Å². The highest BCUT2D eigenvalue weighted by Crippen LogP contribution is 2.25. The molecular formula is C10H20N2O. The molecule has 1 saturated heterocycles. The van der Waals surface area contributed by atoms with Crippen molar-refractivity contribution in [2.45, 2.75) is 18.9 Å². The van der Waals surface area contributed by atoms with Gasteiger partial charge in [0.15, 0.2) is 0 Å². The Hall–Kier alpha value is -0.380. The molecule has 0 aromatic carbocycles. The van der Waals surface area contributed by atoms with Crippen molar-refractivity contribution in [1.29, 1.82) is 0 Å². The third-order valence-electron chi connectivity index (χ3n) is 2.84. The first-order chi connectivity index (χ1) is 6.08. The van der Waals surface area contributed by atoms with Crippen molar-refractivity contribution in [2.24, 2.45) is 0 Å². The van der Waals surface area contributed by atoms with Crippen LogP contribution in [0.3, 0.4) is 0 Å². The molecule has 0 aliphatic carbocycles. The van der Waals surface area contributed by atoms with E-state index in [0.29, 0.717) is 6.54 Å². The van der Waals surface area contributed by atoms with E-state index in [4.69, 9.17) is 0 Å². The van der Waals surface area contributed by atoms with E-state index in [0.717, 1.165) is 25.9 Å². The summed E-state index contributed by atoms with van der Waals surface area (Å²) in [5, 5.41) is 12.2. The minimum Gasteiger partial charge on any atom is -0.632 e. The van der Waals surface area contributed by atoms with Gasteiger partial charge < -0.3 is 14.8 Å². The summed E-state index contributed by atoms with van der Waals surface area (Å²) in [6, 6.07) is 0.139. The van der Waals surface area contributed by atoms with Gasteiger partial charge in [-0.05, 0) is 20.2 Å².